The summed E-state index contributed by atoms with van der Waals surface area (Å²) < 4.78 is 3.13. The van der Waals surface area contributed by atoms with Crippen LogP contribution in [0.3, 0.4) is 0 Å². The number of aliphatic imine (C=N–C) groups is 1. The van der Waals surface area contributed by atoms with Gasteiger partial charge in [-0.05, 0) is 47.0 Å². The molecule has 1 aromatic heterocycles. The second-order valence-electron chi connectivity index (χ2n) is 6.71. The van der Waals surface area contributed by atoms with Gasteiger partial charge in [-0.1, -0.05) is 18.2 Å². The van der Waals surface area contributed by atoms with E-state index in [9.17, 15) is 4.79 Å². The van der Waals surface area contributed by atoms with E-state index >= 15 is 0 Å². The predicted octanol–water partition coefficient (Wildman–Crippen LogP) is 2.77. The van der Waals surface area contributed by atoms with Gasteiger partial charge < -0.3 is 19.7 Å². The van der Waals surface area contributed by atoms with Gasteiger partial charge in [0.1, 0.15) is 6.54 Å². The number of hydrogen-bond acceptors (Lipinski definition) is 2. The van der Waals surface area contributed by atoms with Gasteiger partial charge in [0.15, 0.2) is 5.96 Å². The molecule has 1 aliphatic heterocycles. The average molecular weight is 432 g/mol. The molecule has 3 rings (SSSR count). The fourth-order valence-corrected chi connectivity index (χ4v) is 3.91. The molecule has 1 N–H and O–H groups in total. The second kappa shape index (κ2) is 8.61. The molecule has 0 fully saturated rings. The third-order valence-corrected chi connectivity index (χ3v) is 5.16. The Labute approximate surface area is 169 Å². The number of aryl methyl sites for hydroxylation is 1. The van der Waals surface area contributed by atoms with E-state index in [1.165, 1.54) is 5.56 Å². The maximum absolute atomic E-state index is 12.7. The monoisotopic (exact) mass is 431 g/mol. The van der Waals surface area contributed by atoms with Crippen LogP contribution in [-0.4, -0.2) is 48.0 Å². The maximum atomic E-state index is 12.7. The minimum atomic E-state index is 0.0327. The Morgan fingerprint density at radius 3 is 2.85 bits per heavy atom. The quantitative estimate of drug-likeness (QED) is 0.584. The molecule has 0 unspecified atom stereocenters. The number of fused-ring (bicyclic) bond motifs is 1. The van der Waals surface area contributed by atoms with Crippen molar-refractivity contribution in [3.8, 4) is 0 Å². The number of guanidine groups is 1. The van der Waals surface area contributed by atoms with Gasteiger partial charge in [-0.3, -0.25) is 4.79 Å². The topological polar surface area (TPSA) is 52.9 Å². The van der Waals surface area contributed by atoms with Crippen molar-refractivity contribution in [2.24, 2.45) is 12.0 Å². The van der Waals surface area contributed by atoms with Gasteiger partial charge in [-0.15, -0.1) is 0 Å². The van der Waals surface area contributed by atoms with Crippen LogP contribution in [0.15, 0.2) is 46.0 Å². The summed E-state index contributed by atoms with van der Waals surface area (Å²) in [7, 11) is 4.00. The molecule has 0 saturated carbocycles. The number of rotatable bonds is 5. The molecule has 0 bridgehead atoms. The van der Waals surface area contributed by atoms with Crippen LogP contribution < -0.4 is 10.2 Å². The number of aromatic nitrogens is 1. The summed E-state index contributed by atoms with van der Waals surface area (Å²) in [6, 6.07) is 10.2. The molecule has 6 nitrogen and oxygen atoms in total. The van der Waals surface area contributed by atoms with Crippen LogP contribution in [-0.2, 0) is 24.8 Å². The SMILES string of the molecule is CCNC(=NCC(=O)N1CCc2ccccc21)N(C)Cc1cc(Br)cn1C. The van der Waals surface area contributed by atoms with E-state index in [1.54, 1.807) is 0 Å². The third kappa shape index (κ3) is 4.53. The fraction of sp³-hybridized carbons (Fsp3) is 0.400. The lowest BCUT2D eigenvalue weighted by atomic mass is 10.2. The number of carbonyl (C=O) groups excluding carboxylic acids is 1. The van der Waals surface area contributed by atoms with Crippen molar-refractivity contribution in [2.45, 2.75) is 19.9 Å². The van der Waals surface area contributed by atoms with Crippen LogP contribution in [0.2, 0.25) is 0 Å². The smallest absolute Gasteiger partial charge is 0.248 e. The largest absolute Gasteiger partial charge is 0.357 e. The summed E-state index contributed by atoms with van der Waals surface area (Å²) in [5, 5.41) is 3.28. The van der Waals surface area contributed by atoms with E-state index in [4.69, 9.17) is 0 Å². The van der Waals surface area contributed by atoms with Crippen LogP contribution in [0.5, 0.6) is 0 Å². The molecule has 2 heterocycles. The van der Waals surface area contributed by atoms with Gasteiger partial charge in [0.05, 0.1) is 6.54 Å². The molecule has 144 valence electrons. The van der Waals surface area contributed by atoms with E-state index in [1.807, 2.05) is 55.2 Å². The van der Waals surface area contributed by atoms with E-state index in [0.717, 1.165) is 41.3 Å². The highest BCUT2D eigenvalue weighted by Gasteiger charge is 2.23. The number of nitrogens with zero attached hydrogens (tertiary/aromatic N) is 4. The standard InChI is InChI=1S/C20H26BrN5O/c1-4-22-20(25(3)14-17-11-16(21)13-24(17)2)23-12-19(27)26-10-9-15-7-5-6-8-18(15)26/h5-8,11,13H,4,9-10,12,14H2,1-3H3,(H,22,23). The molecule has 1 amide bonds. The molecule has 0 spiro atoms. The van der Waals surface area contributed by atoms with Crippen LogP contribution in [0.4, 0.5) is 5.69 Å². The first kappa shape index (κ1) is 19.5. The normalized spacial score (nSPS) is 13.6. The fourth-order valence-electron chi connectivity index (χ4n) is 3.34. The zero-order valence-corrected chi connectivity index (χ0v) is 17.7. The molecule has 0 saturated heterocycles. The lowest BCUT2D eigenvalue weighted by Crippen LogP contribution is -2.40. The molecule has 7 heteroatoms. The number of nitrogens with one attached hydrogen (secondary N) is 1. The summed E-state index contributed by atoms with van der Waals surface area (Å²) in [5.41, 5.74) is 3.41. The average Bonchev–Trinajstić information content (AvgIpc) is 3.21. The van der Waals surface area contributed by atoms with Crippen molar-refractivity contribution in [1.29, 1.82) is 0 Å². The molecule has 2 aromatic rings. The number of hydrogen-bond donors (Lipinski definition) is 1. The van der Waals surface area contributed by atoms with Gasteiger partial charge in [0, 0.05) is 49.2 Å². The highest BCUT2D eigenvalue weighted by molar-refractivity contribution is 9.10. The minimum Gasteiger partial charge on any atom is -0.357 e. The molecular weight excluding hydrogens is 406 g/mol. The molecule has 0 aliphatic carbocycles. The van der Waals surface area contributed by atoms with Gasteiger partial charge >= 0.3 is 0 Å². The molecule has 1 aromatic carbocycles. The Hall–Kier alpha value is -2.28. The van der Waals surface area contributed by atoms with Gasteiger partial charge in [0.25, 0.3) is 0 Å². The lowest BCUT2D eigenvalue weighted by Gasteiger charge is -2.23. The van der Waals surface area contributed by atoms with Gasteiger partial charge in [-0.2, -0.15) is 0 Å². The Balaban J connectivity index is 1.68. The first-order valence-electron chi connectivity index (χ1n) is 9.18. The van der Waals surface area contributed by atoms with Crippen LogP contribution in [0.25, 0.3) is 0 Å². The molecular formula is C20H26BrN5O. The van der Waals surface area contributed by atoms with Crippen molar-refractivity contribution in [3.63, 3.8) is 0 Å². The van der Waals surface area contributed by atoms with Gasteiger partial charge in [0.2, 0.25) is 5.91 Å². The van der Waals surface area contributed by atoms with Crippen molar-refractivity contribution >= 4 is 33.5 Å². The Morgan fingerprint density at radius 2 is 2.15 bits per heavy atom. The number of halogens is 1. The maximum Gasteiger partial charge on any atom is 0.248 e. The van der Waals surface area contributed by atoms with Crippen molar-refractivity contribution in [1.82, 2.24) is 14.8 Å². The zero-order chi connectivity index (χ0) is 19.4. The van der Waals surface area contributed by atoms with Crippen LogP contribution >= 0.6 is 15.9 Å². The Morgan fingerprint density at radius 1 is 1.37 bits per heavy atom. The summed E-state index contributed by atoms with van der Waals surface area (Å²) in [6.07, 6.45) is 2.94. The predicted molar refractivity (Wildman–Crippen MR) is 113 cm³/mol. The van der Waals surface area contributed by atoms with E-state index < -0.39 is 0 Å². The zero-order valence-electron chi connectivity index (χ0n) is 16.1. The summed E-state index contributed by atoms with van der Waals surface area (Å²) >= 11 is 3.51. The number of benzene rings is 1. The van der Waals surface area contributed by atoms with Crippen molar-refractivity contribution < 1.29 is 4.79 Å². The highest BCUT2D eigenvalue weighted by atomic mass is 79.9. The molecule has 0 radical (unpaired) electrons. The Kier molecular flexibility index (Phi) is 6.21. The minimum absolute atomic E-state index is 0.0327. The molecule has 1 aliphatic rings. The Bertz CT molecular complexity index is 845. The molecule has 0 atom stereocenters. The third-order valence-electron chi connectivity index (χ3n) is 4.72. The second-order valence-corrected chi connectivity index (χ2v) is 7.63. The number of anilines is 1. The number of carbonyl (C=O) groups is 1. The van der Waals surface area contributed by atoms with Crippen molar-refractivity contribution in [2.75, 3.05) is 31.6 Å². The summed E-state index contributed by atoms with van der Waals surface area (Å²) in [5.74, 6) is 0.765. The number of para-hydroxylation sites is 1. The van der Waals surface area contributed by atoms with E-state index in [-0.39, 0.29) is 12.5 Å². The molecule has 27 heavy (non-hydrogen) atoms. The van der Waals surface area contributed by atoms with E-state index in [2.05, 4.69) is 42.9 Å². The van der Waals surface area contributed by atoms with Gasteiger partial charge in [-0.25, -0.2) is 4.99 Å². The summed E-state index contributed by atoms with van der Waals surface area (Å²) in [6.45, 7) is 4.35. The first-order chi connectivity index (χ1) is 13.0. The van der Waals surface area contributed by atoms with Crippen LogP contribution in [0, 0.1) is 0 Å². The summed E-state index contributed by atoms with van der Waals surface area (Å²) in [4.78, 5) is 21.2. The highest BCUT2D eigenvalue weighted by Crippen LogP contribution is 2.27. The van der Waals surface area contributed by atoms with E-state index in [0.29, 0.717) is 6.54 Å². The van der Waals surface area contributed by atoms with Crippen molar-refractivity contribution in [3.05, 3.63) is 52.3 Å². The number of amides is 1. The lowest BCUT2D eigenvalue weighted by molar-refractivity contribution is -0.117. The first-order valence-corrected chi connectivity index (χ1v) is 9.97. The van der Waals surface area contributed by atoms with Crippen LogP contribution in [0.1, 0.15) is 18.2 Å².